The molecular formula is C21H25ClN3O2S+. The second kappa shape index (κ2) is 9.87. The zero-order chi connectivity index (χ0) is 19.9. The highest BCUT2D eigenvalue weighted by atomic mass is 35.5. The van der Waals surface area contributed by atoms with Crippen LogP contribution in [0.15, 0.2) is 48.5 Å². The maximum Gasteiger partial charge on any atom is 0.338 e. The molecule has 0 atom stereocenters. The van der Waals surface area contributed by atoms with E-state index < -0.39 is 0 Å². The van der Waals surface area contributed by atoms with Gasteiger partial charge in [-0.1, -0.05) is 23.7 Å². The van der Waals surface area contributed by atoms with Gasteiger partial charge >= 0.3 is 5.97 Å². The van der Waals surface area contributed by atoms with Gasteiger partial charge in [0, 0.05) is 16.3 Å². The molecule has 0 spiro atoms. The summed E-state index contributed by atoms with van der Waals surface area (Å²) in [6.45, 7) is 7.06. The zero-order valence-electron chi connectivity index (χ0n) is 15.9. The smallest absolute Gasteiger partial charge is 0.338 e. The van der Waals surface area contributed by atoms with Crippen molar-refractivity contribution in [3.8, 4) is 0 Å². The van der Waals surface area contributed by atoms with E-state index in [-0.39, 0.29) is 5.97 Å². The van der Waals surface area contributed by atoms with Crippen LogP contribution in [0.4, 0.5) is 5.69 Å². The van der Waals surface area contributed by atoms with Gasteiger partial charge in [-0.2, -0.15) is 0 Å². The van der Waals surface area contributed by atoms with Crippen LogP contribution in [0.25, 0.3) is 0 Å². The molecule has 1 saturated heterocycles. The van der Waals surface area contributed by atoms with Crippen LogP contribution in [0, 0.1) is 0 Å². The molecule has 1 heterocycles. The quantitative estimate of drug-likeness (QED) is 0.577. The Morgan fingerprint density at radius 1 is 1.14 bits per heavy atom. The van der Waals surface area contributed by atoms with Gasteiger partial charge in [0.15, 0.2) is 5.11 Å². The summed E-state index contributed by atoms with van der Waals surface area (Å²) in [6.07, 6.45) is 0. The molecule has 2 N–H and O–H groups in total. The lowest BCUT2D eigenvalue weighted by Gasteiger charge is -2.34. The number of nitrogens with zero attached hydrogens (tertiary/aromatic N) is 1. The minimum atomic E-state index is -0.309. The fourth-order valence-corrected chi connectivity index (χ4v) is 3.63. The highest BCUT2D eigenvalue weighted by Gasteiger charge is 2.22. The number of carbonyl (C=O) groups is 1. The summed E-state index contributed by atoms with van der Waals surface area (Å²) in [4.78, 5) is 15.5. The van der Waals surface area contributed by atoms with Crippen molar-refractivity contribution in [1.82, 2.24) is 4.90 Å². The molecule has 5 nitrogen and oxygen atoms in total. The third kappa shape index (κ3) is 5.67. The third-order valence-electron chi connectivity index (χ3n) is 4.77. The monoisotopic (exact) mass is 418 g/mol. The number of thiocarbonyl (C=S) groups is 1. The van der Waals surface area contributed by atoms with Crippen LogP contribution in [0.3, 0.4) is 0 Å². The highest BCUT2D eigenvalue weighted by molar-refractivity contribution is 7.80. The first kappa shape index (κ1) is 20.6. The molecule has 0 radical (unpaired) electrons. The van der Waals surface area contributed by atoms with E-state index in [1.165, 1.54) is 5.56 Å². The second-order valence-electron chi connectivity index (χ2n) is 6.77. The number of rotatable bonds is 5. The van der Waals surface area contributed by atoms with Crippen molar-refractivity contribution in [3.05, 3.63) is 64.7 Å². The Hall–Kier alpha value is -2.15. The van der Waals surface area contributed by atoms with Crippen LogP contribution in [0.5, 0.6) is 0 Å². The fourth-order valence-electron chi connectivity index (χ4n) is 3.20. The first-order chi connectivity index (χ1) is 13.5. The van der Waals surface area contributed by atoms with Gasteiger partial charge in [-0.05, 0) is 55.5 Å². The standard InChI is InChI=1S/C21H24ClN3O2S/c1-2-27-20(26)17-5-9-19(10-6-17)23-21(28)25-13-11-24(12-14-25)15-16-3-7-18(22)8-4-16/h3-10H,2,11-15H2,1H3,(H,23,28)/p+1. The van der Waals surface area contributed by atoms with Crippen molar-refractivity contribution < 1.29 is 14.4 Å². The van der Waals surface area contributed by atoms with Gasteiger partial charge in [0.1, 0.15) is 6.54 Å². The van der Waals surface area contributed by atoms with Gasteiger partial charge < -0.3 is 19.9 Å². The molecule has 1 aliphatic heterocycles. The largest absolute Gasteiger partial charge is 0.462 e. The van der Waals surface area contributed by atoms with E-state index in [0.29, 0.717) is 12.2 Å². The molecule has 2 aromatic carbocycles. The lowest BCUT2D eigenvalue weighted by Crippen LogP contribution is -3.13. The molecule has 7 heteroatoms. The molecule has 2 aromatic rings. The van der Waals surface area contributed by atoms with E-state index in [4.69, 9.17) is 28.6 Å². The Morgan fingerprint density at radius 3 is 2.39 bits per heavy atom. The lowest BCUT2D eigenvalue weighted by atomic mass is 10.2. The van der Waals surface area contributed by atoms with Crippen molar-refractivity contribution in [2.24, 2.45) is 0 Å². The summed E-state index contributed by atoms with van der Waals surface area (Å²) >= 11 is 11.5. The molecule has 0 aromatic heterocycles. The summed E-state index contributed by atoms with van der Waals surface area (Å²) in [5, 5.41) is 4.75. The molecule has 3 rings (SSSR count). The molecular weight excluding hydrogens is 394 g/mol. The molecule has 0 aliphatic carbocycles. The van der Waals surface area contributed by atoms with E-state index in [1.807, 2.05) is 24.3 Å². The number of anilines is 1. The first-order valence-corrected chi connectivity index (χ1v) is 10.2. The SMILES string of the molecule is CCOC(=O)c1ccc(NC(=S)N2CC[NH+](Cc3ccc(Cl)cc3)CC2)cc1. The number of quaternary nitrogens is 1. The summed E-state index contributed by atoms with van der Waals surface area (Å²) in [7, 11) is 0. The molecule has 0 unspecified atom stereocenters. The molecule has 28 heavy (non-hydrogen) atoms. The second-order valence-corrected chi connectivity index (χ2v) is 7.59. The number of carbonyl (C=O) groups excluding carboxylic acids is 1. The minimum Gasteiger partial charge on any atom is -0.462 e. The van der Waals surface area contributed by atoms with Gasteiger partial charge in [-0.15, -0.1) is 0 Å². The van der Waals surface area contributed by atoms with E-state index >= 15 is 0 Å². The number of hydrogen-bond acceptors (Lipinski definition) is 3. The number of halogens is 1. The van der Waals surface area contributed by atoms with E-state index in [0.717, 1.165) is 48.5 Å². The minimum absolute atomic E-state index is 0.309. The van der Waals surface area contributed by atoms with Crippen molar-refractivity contribution in [2.45, 2.75) is 13.5 Å². The van der Waals surface area contributed by atoms with Crippen molar-refractivity contribution >= 4 is 40.6 Å². The Labute approximate surface area is 176 Å². The summed E-state index contributed by atoms with van der Waals surface area (Å²) in [5.74, 6) is -0.309. The van der Waals surface area contributed by atoms with Crippen molar-refractivity contribution in [1.29, 1.82) is 0 Å². The van der Waals surface area contributed by atoms with Gasteiger partial charge in [-0.3, -0.25) is 0 Å². The average molecular weight is 419 g/mol. The third-order valence-corrected chi connectivity index (χ3v) is 5.38. The van der Waals surface area contributed by atoms with Crippen molar-refractivity contribution in [3.63, 3.8) is 0 Å². The molecule has 0 saturated carbocycles. The number of benzene rings is 2. The van der Waals surface area contributed by atoms with Crippen LogP contribution in [-0.4, -0.2) is 48.8 Å². The number of esters is 1. The fraction of sp³-hybridized carbons (Fsp3) is 0.333. The van der Waals surface area contributed by atoms with E-state index in [2.05, 4.69) is 22.3 Å². The molecule has 0 bridgehead atoms. The molecule has 1 aliphatic rings. The Bertz CT molecular complexity index is 803. The number of piperazine rings is 1. The topological polar surface area (TPSA) is 46.0 Å². The number of hydrogen-bond donors (Lipinski definition) is 2. The van der Waals surface area contributed by atoms with Gasteiger partial charge in [-0.25, -0.2) is 4.79 Å². The maximum atomic E-state index is 11.7. The molecule has 148 valence electrons. The molecule has 1 fully saturated rings. The van der Waals surface area contributed by atoms with Crippen LogP contribution in [0.1, 0.15) is 22.8 Å². The van der Waals surface area contributed by atoms with Crippen LogP contribution < -0.4 is 10.2 Å². The Balaban J connectivity index is 1.47. The highest BCUT2D eigenvalue weighted by Crippen LogP contribution is 2.12. The van der Waals surface area contributed by atoms with Crippen LogP contribution >= 0.6 is 23.8 Å². The van der Waals surface area contributed by atoms with E-state index in [9.17, 15) is 4.79 Å². The van der Waals surface area contributed by atoms with Gasteiger partial charge in [0.05, 0.1) is 38.3 Å². The van der Waals surface area contributed by atoms with Crippen LogP contribution in [0.2, 0.25) is 5.02 Å². The number of nitrogens with one attached hydrogen (secondary N) is 2. The maximum absolute atomic E-state index is 11.7. The van der Waals surface area contributed by atoms with Crippen molar-refractivity contribution in [2.75, 3.05) is 38.1 Å². The predicted octanol–water partition coefficient (Wildman–Crippen LogP) is 2.61. The predicted molar refractivity (Wildman–Crippen MR) is 116 cm³/mol. The average Bonchev–Trinajstić information content (AvgIpc) is 2.71. The van der Waals surface area contributed by atoms with Gasteiger partial charge in [0.2, 0.25) is 0 Å². The lowest BCUT2D eigenvalue weighted by molar-refractivity contribution is -0.917. The normalized spacial score (nSPS) is 14.6. The van der Waals surface area contributed by atoms with Gasteiger partial charge in [0.25, 0.3) is 0 Å². The molecule has 0 amide bonds. The number of ether oxygens (including phenoxy) is 1. The first-order valence-electron chi connectivity index (χ1n) is 9.46. The summed E-state index contributed by atoms with van der Waals surface area (Å²) in [5.41, 5.74) is 2.71. The van der Waals surface area contributed by atoms with E-state index in [1.54, 1.807) is 24.0 Å². The zero-order valence-corrected chi connectivity index (χ0v) is 17.5. The summed E-state index contributed by atoms with van der Waals surface area (Å²) < 4.78 is 5.00. The Morgan fingerprint density at radius 2 is 1.79 bits per heavy atom. The van der Waals surface area contributed by atoms with Crippen LogP contribution in [-0.2, 0) is 11.3 Å². The Kier molecular flexibility index (Phi) is 7.25. The summed E-state index contributed by atoms with van der Waals surface area (Å²) in [6, 6.07) is 15.3.